The summed E-state index contributed by atoms with van der Waals surface area (Å²) in [5.74, 6) is 0.241. The molecule has 0 saturated carbocycles. The first-order valence-corrected chi connectivity index (χ1v) is 9.10. The molecular formula is C16H23N3O3S. The van der Waals surface area contributed by atoms with Crippen molar-refractivity contribution in [2.75, 3.05) is 19.7 Å². The van der Waals surface area contributed by atoms with Crippen molar-refractivity contribution in [3.05, 3.63) is 16.6 Å². The van der Waals surface area contributed by atoms with Crippen molar-refractivity contribution in [2.45, 2.75) is 44.8 Å². The van der Waals surface area contributed by atoms with E-state index in [1.54, 1.807) is 17.5 Å². The zero-order valence-electron chi connectivity index (χ0n) is 13.4. The molecule has 126 valence electrons. The SMILES string of the molecule is CC(=O)N[C@H](c1nccs1)[C@@H]1CCCN(C(=O)[C@@H]2CCCO2)C1. The third-order valence-electron chi connectivity index (χ3n) is 4.52. The van der Waals surface area contributed by atoms with E-state index in [4.69, 9.17) is 4.74 Å². The van der Waals surface area contributed by atoms with Gasteiger partial charge in [0, 0.05) is 44.1 Å². The first kappa shape index (κ1) is 16.4. The van der Waals surface area contributed by atoms with E-state index >= 15 is 0 Å². The highest BCUT2D eigenvalue weighted by Gasteiger charge is 2.35. The Morgan fingerprint density at radius 1 is 1.43 bits per heavy atom. The van der Waals surface area contributed by atoms with Crippen molar-refractivity contribution in [1.29, 1.82) is 0 Å². The zero-order valence-corrected chi connectivity index (χ0v) is 14.2. The summed E-state index contributed by atoms with van der Waals surface area (Å²) in [6, 6.07) is -0.118. The summed E-state index contributed by atoms with van der Waals surface area (Å²) in [5, 5.41) is 5.85. The molecule has 1 N–H and O–H groups in total. The van der Waals surface area contributed by atoms with Gasteiger partial charge in [-0.2, -0.15) is 0 Å². The summed E-state index contributed by atoms with van der Waals surface area (Å²) in [7, 11) is 0. The lowest BCUT2D eigenvalue weighted by Gasteiger charge is -2.37. The number of rotatable bonds is 4. The number of carbonyl (C=O) groups excluding carboxylic acids is 2. The Morgan fingerprint density at radius 2 is 2.30 bits per heavy atom. The number of likely N-dealkylation sites (tertiary alicyclic amines) is 1. The second-order valence-electron chi connectivity index (χ2n) is 6.24. The van der Waals surface area contributed by atoms with Crippen LogP contribution >= 0.6 is 11.3 Å². The van der Waals surface area contributed by atoms with E-state index in [1.165, 1.54) is 6.92 Å². The number of aromatic nitrogens is 1. The fourth-order valence-corrected chi connectivity index (χ4v) is 4.23. The normalized spacial score (nSPS) is 26.0. The second-order valence-corrected chi connectivity index (χ2v) is 7.16. The van der Waals surface area contributed by atoms with Crippen molar-refractivity contribution in [3.63, 3.8) is 0 Å². The molecule has 3 heterocycles. The molecule has 2 fully saturated rings. The average Bonchev–Trinajstić information content (AvgIpc) is 3.25. The molecule has 2 saturated heterocycles. The van der Waals surface area contributed by atoms with Crippen molar-refractivity contribution in [3.8, 4) is 0 Å². The number of nitrogens with one attached hydrogen (secondary N) is 1. The van der Waals surface area contributed by atoms with Crippen LogP contribution in [0.25, 0.3) is 0 Å². The first-order valence-electron chi connectivity index (χ1n) is 8.22. The molecule has 0 spiro atoms. The molecule has 23 heavy (non-hydrogen) atoms. The summed E-state index contributed by atoms with van der Waals surface area (Å²) in [6.07, 6.45) is 5.20. The third kappa shape index (κ3) is 3.90. The molecule has 0 aliphatic carbocycles. The van der Waals surface area contributed by atoms with Crippen LogP contribution in [0.4, 0.5) is 0 Å². The molecule has 6 nitrogen and oxygen atoms in total. The van der Waals surface area contributed by atoms with E-state index < -0.39 is 0 Å². The molecule has 0 radical (unpaired) electrons. The predicted octanol–water partition coefficient (Wildman–Crippen LogP) is 1.74. The predicted molar refractivity (Wildman–Crippen MR) is 86.9 cm³/mol. The maximum Gasteiger partial charge on any atom is 0.251 e. The van der Waals surface area contributed by atoms with Gasteiger partial charge < -0.3 is 15.0 Å². The fourth-order valence-electron chi connectivity index (χ4n) is 3.45. The van der Waals surface area contributed by atoms with Crippen LogP contribution in [0.15, 0.2) is 11.6 Å². The Bertz CT molecular complexity index is 543. The Morgan fingerprint density at radius 3 is 2.96 bits per heavy atom. The van der Waals surface area contributed by atoms with Crippen molar-refractivity contribution >= 4 is 23.2 Å². The lowest BCUT2D eigenvalue weighted by atomic mass is 9.90. The van der Waals surface area contributed by atoms with Gasteiger partial charge in [0.2, 0.25) is 5.91 Å². The summed E-state index contributed by atoms with van der Waals surface area (Å²) in [5.41, 5.74) is 0. The molecule has 2 aliphatic rings. The summed E-state index contributed by atoms with van der Waals surface area (Å²) < 4.78 is 5.53. The minimum absolute atomic E-state index is 0.0622. The largest absolute Gasteiger partial charge is 0.368 e. The van der Waals surface area contributed by atoms with Gasteiger partial charge in [0.15, 0.2) is 0 Å². The van der Waals surface area contributed by atoms with E-state index in [0.717, 1.165) is 37.2 Å². The number of hydrogen-bond acceptors (Lipinski definition) is 5. The molecule has 2 amide bonds. The van der Waals surface area contributed by atoms with Crippen molar-refractivity contribution in [1.82, 2.24) is 15.2 Å². The van der Waals surface area contributed by atoms with Crippen LogP contribution in [0.5, 0.6) is 0 Å². The van der Waals surface area contributed by atoms with Gasteiger partial charge in [-0.15, -0.1) is 11.3 Å². The topological polar surface area (TPSA) is 71.5 Å². The molecule has 2 aliphatic heterocycles. The Balaban J connectivity index is 1.70. The van der Waals surface area contributed by atoms with E-state index in [-0.39, 0.29) is 29.9 Å². The quantitative estimate of drug-likeness (QED) is 0.908. The van der Waals surface area contributed by atoms with Gasteiger partial charge in [-0.1, -0.05) is 0 Å². The third-order valence-corrected chi connectivity index (χ3v) is 5.38. The highest BCUT2D eigenvalue weighted by Crippen LogP contribution is 2.31. The van der Waals surface area contributed by atoms with E-state index in [2.05, 4.69) is 10.3 Å². The minimum Gasteiger partial charge on any atom is -0.368 e. The Kier molecular flexibility index (Phi) is 5.27. The Labute approximate surface area is 140 Å². The van der Waals surface area contributed by atoms with Gasteiger partial charge in [-0.05, 0) is 25.7 Å². The highest BCUT2D eigenvalue weighted by molar-refractivity contribution is 7.09. The molecule has 3 rings (SSSR count). The fraction of sp³-hybridized carbons (Fsp3) is 0.688. The van der Waals surface area contributed by atoms with Crippen molar-refractivity contribution in [2.24, 2.45) is 5.92 Å². The smallest absolute Gasteiger partial charge is 0.251 e. The van der Waals surface area contributed by atoms with E-state index in [1.807, 2.05) is 10.3 Å². The maximum absolute atomic E-state index is 12.6. The number of hydrogen-bond donors (Lipinski definition) is 1. The number of carbonyl (C=O) groups is 2. The average molecular weight is 337 g/mol. The number of nitrogens with zero attached hydrogens (tertiary/aromatic N) is 2. The van der Waals surface area contributed by atoms with Crippen LogP contribution in [0.1, 0.15) is 43.7 Å². The standard InChI is InChI=1S/C16H23N3O3S/c1-11(20)18-14(15-17-6-9-23-15)12-4-2-7-19(10-12)16(21)13-5-3-8-22-13/h6,9,12-14H,2-5,7-8,10H2,1H3,(H,18,20)/t12-,13+,14+/m1/s1. The van der Waals surface area contributed by atoms with Gasteiger partial charge in [-0.3, -0.25) is 9.59 Å². The molecular weight excluding hydrogens is 314 g/mol. The van der Waals surface area contributed by atoms with Gasteiger partial charge in [0.1, 0.15) is 11.1 Å². The number of amides is 2. The van der Waals surface area contributed by atoms with Crippen LogP contribution in [0.2, 0.25) is 0 Å². The van der Waals surface area contributed by atoms with Crippen LogP contribution in [-0.4, -0.2) is 47.5 Å². The maximum atomic E-state index is 12.6. The first-order chi connectivity index (χ1) is 11.1. The lowest BCUT2D eigenvalue weighted by molar-refractivity contribution is -0.143. The molecule has 1 aromatic heterocycles. The van der Waals surface area contributed by atoms with Crippen molar-refractivity contribution < 1.29 is 14.3 Å². The molecule has 7 heteroatoms. The highest BCUT2D eigenvalue weighted by atomic mass is 32.1. The molecule has 3 atom stereocenters. The molecule has 0 aromatic carbocycles. The van der Waals surface area contributed by atoms with Crippen LogP contribution in [-0.2, 0) is 14.3 Å². The van der Waals surface area contributed by atoms with Gasteiger partial charge in [-0.25, -0.2) is 4.98 Å². The number of ether oxygens (including phenoxy) is 1. The van der Waals surface area contributed by atoms with Crippen LogP contribution in [0, 0.1) is 5.92 Å². The zero-order chi connectivity index (χ0) is 16.2. The van der Waals surface area contributed by atoms with Crippen LogP contribution in [0.3, 0.4) is 0 Å². The van der Waals surface area contributed by atoms with E-state index in [9.17, 15) is 9.59 Å². The van der Waals surface area contributed by atoms with Gasteiger partial charge >= 0.3 is 0 Å². The Hall–Kier alpha value is -1.47. The van der Waals surface area contributed by atoms with Crippen LogP contribution < -0.4 is 5.32 Å². The number of piperidine rings is 1. The second kappa shape index (κ2) is 7.40. The number of thiazole rings is 1. The molecule has 0 bridgehead atoms. The summed E-state index contributed by atoms with van der Waals surface area (Å²) in [6.45, 7) is 3.64. The molecule has 0 unspecified atom stereocenters. The van der Waals surface area contributed by atoms with Gasteiger partial charge in [0.25, 0.3) is 5.91 Å². The van der Waals surface area contributed by atoms with E-state index in [0.29, 0.717) is 13.2 Å². The summed E-state index contributed by atoms with van der Waals surface area (Å²) >= 11 is 1.55. The van der Waals surface area contributed by atoms with Gasteiger partial charge in [0.05, 0.1) is 6.04 Å². The summed E-state index contributed by atoms with van der Waals surface area (Å²) in [4.78, 5) is 30.4. The monoisotopic (exact) mass is 337 g/mol. The lowest BCUT2D eigenvalue weighted by Crippen LogP contribution is -2.48. The minimum atomic E-state index is -0.271. The molecule has 1 aromatic rings.